The summed E-state index contributed by atoms with van der Waals surface area (Å²) in [5, 5.41) is 12.9. The first kappa shape index (κ1) is 18.5. The Kier molecular flexibility index (Phi) is 6.29. The molecule has 0 bridgehead atoms. The van der Waals surface area contributed by atoms with Crippen LogP contribution in [0.2, 0.25) is 5.02 Å². The Morgan fingerprint density at radius 1 is 1.23 bits per heavy atom. The highest BCUT2D eigenvalue weighted by molar-refractivity contribution is 7.99. The fourth-order valence-electron chi connectivity index (χ4n) is 2.22. The summed E-state index contributed by atoms with van der Waals surface area (Å²) in [6.07, 6.45) is 2.02. The summed E-state index contributed by atoms with van der Waals surface area (Å²) in [6, 6.07) is 17.1. The van der Waals surface area contributed by atoms with Crippen molar-refractivity contribution in [3.63, 3.8) is 0 Å². The van der Waals surface area contributed by atoms with E-state index >= 15 is 0 Å². The summed E-state index contributed by atoms with van der Waals surface area (Å²) in [7, 11) is 0. The van der Waals surface area contributed by atoms with E-state index in [0.717, 1.165) is 16.1 Å². The van der Waals surface area contributed by atoms with E-state index in [1.807, 2.05) is 42.5 Å². The number of hydrogen-bond acceptors (Lipinski definition) is 5. The predicted octanol–water partition coefficient (Wildman–Crippen LogP) is 5.72. The number of amides is 1. The topological polar surface area (TPSA) is 65.8 Å². The minimum absolute atomic E-state index is 0.214. The molecule has 0 fully saturated rings. The lowest BCUT2D eigenvalue weighted by Gasteiger charge is -2.09. The highest BCUT2D eigenvalue weighted by atomic mass is 35.5. The molecule has 0 saturated heterocycles. The molecule has 0 aliphatic heterocycles. The Bertz CT molecular complexity index is 965. The predicted molar refractivity (Wildman–Crippen MR) is 108 cm³/mol. The lowest BCUT2D eigenvalue weighted by Crippen LogP contribution is -2.10. The van der Waals surface area contributed by atoms with E-state index in [2.05, 4.69) is 16.4 Å². The fourth-order valence-corrected chi connectivity index (χ4v) is 4.22. The zero-order valence-electron chi connectivity index (χ0n) is 13.6. The fraction of sp³-hybridized carbons (Fsp3) is 0.105. The number of nitriles is 1. The molecule has 26 heavy (non-hydrogen) atoms. The van der Waals surface area contributed by atoms with Crippen molar-refractivity contribution in [3.8, 4) is 16.6 Å². The molecule has 1 aromatic heterocycles. The summed E-state index contributed by atoms with van der Waals surface area (Å²) in [4.78, 5) is 18.4. The van der Waals surface area contributed by atoms with Crippen molar-refractivity contribution in [2.24, 2.45) is 0 Å². The van der Waals surface area contributed by atoms with Gasteiger partial charge >= 0.3 is 0 Å². The minimum atomic E-state index is -0.214. The van der Waals surface area contributed by atoms with Crippen LogP contribution in [0.1, 0.15) is 16.1 Å². The molecule has 0 saturated carbocycles. The van der Waals surface area contributed by atoms with Gasteiger partial charge in [-0.3, -0.25) is 4.79 Å². The average Bonchev–Trinajstić information content (AvgIpc) is 3.14. The van der Waals surface area contributed by atoms with E-state index in [-0.39, 0.29) is 5.91 Å². The van der Waals surface area contributed by atoms with Crippen LogP contribution >= 0.6 is 34.7 Å². The molecular weight excluding hydrogens is 386 g/mol. The molecule has 0 radical (unpaired) electrons. The van der Waals surface area contributed by atoms with Crippen LogP contribution in [0.4, 0.5) is 5.69 Å². The van der Waals surface area contributed by atoms with E-state index in [0.29, 0.717) is 27.1 Å². The zero-order chi connectivity index (χ0) is 18.4. The molecule has 0 aliphatic rings. The molecule has 4 nitrogen and oxygen atoms in total. The molecule has 3 aromatic rings. The Labute approximate surface area is 164 Å². The van der Waals surface area contributed by atoms with Gasteiger partial charge in [0.1, 0.15) is 9.88 Å². The summed E-state index contributed by atoms with van der Waals surface area (Å²) in [5.41, 5.74) is 1.54. The summed E-state index contributed by atoms with van der Waals surface area (Å²) >= 11 is 9.04. The van der Waals surface area contributed by atoms with Gasteiger partial charge < -0.3 is 5.32 Å². The van der Waals surface area contributed by atoms with E-state index in [9.17, 15) is 4.79 Å². The van der Waals surface area contributed by atoms with Gasteiger partial charge in [0.05, 0.1) is 23.0 Å². The number of benzene rings is 2. The van der Waals surface area contributed by atoms with Crippen LogP contribution in [0.25, 0.3) is 10.6 Å². The lowest BCUT2D eigenvalue weighted by atomic mass is 10.2. The van der Waals surface area contributed by atoms with E-state index in [1.54, 1.807) is 24.0 Å². The summed E-state index contributed by atoms with van der Waals surface area (Å²) in [6.45, 7) is 0. The second-order valence-electron chi connectivity index (χ2n) is 5.22. The molecule has 0 spiro atoms. The molecule has 0 atom stereocenters. The van der Waals surface area contributed by atoms with Crippen LogP contribution in [0.5, 0.6) is 0 Å². The van der Waals surface area contributed by atoms with Crippen molar-refractivity contribution in [1.29, 1.82) is 5.26 Å². The van der Waals surface area contributed by atoms with Gasteiger partial charge in [-0.2, -0.15) is 5.26 Å². The van der Waals surface area contributed by atoms with Crippen LogP contribution < -0.4 is 5.32 Å². The highest BCUT2D eigenvalue weighted by Crippen LogP contribution is 2.32. The van der Waals surface area contributed by atoms with Crippen molar-refractivity contribution in [2.45, 2.75) is 11.3 Å². The van der Waals surface area contributed by atoms with Gasteiger partial charge in [0.25, 0.3) is 5.91 Å². The van der Waals surface area contributed by atoms with Crippen LogP contribution in [0, 0.1) is 11.3 Å². The molecule has 130 valence electrons. The number of para-hydroxylation sites is 1. The third-order valence-electron chi connectivity index (χ3n) is 3.44. The molecule has 7 heteroatoms. The van der Waals surface area contributed by atoms with Crippen molar-refractivity contribution in [2.75, 3.05) is 11.1 Å². The molecule has 1 heterocycles. The van der Waals surface area contributed by atoms with Crippen molar-refractivity contribution in [3.05, 3.63) is 64.6 Å². The number of rotatable bonds is 6. The van der Waals surface area contributed by atoms with Crippen molar-refractivity contribution < 1.29 is 4.79 Å². The largest absolute Gasteiger partial charge is 0.320 e. The van der Waals surface area contributed by atoms with Gasteiger partial charge in [-0.25, -0.2) is 4.98 Å². The Morgan fingerprint density at radius 2 is 2.00 bits per heavy atom. The molecular formula is C19H14ClN3OS2. The number of aromatic nitrogens is 1. The third kappa shape index (κ3) is 4.44. The zero-order valence-corrected chi connectivity index (χ0v) is 16.0. The maximum absolute atomic E-state index is 12.6. The molecule has 0 unspecified atom stereocenters. The standard InChI is InChI=1S/C19H14ClN3OS2/c20-14-7-2-1-6-13(14)19-22-12-17(26-19)18(24)23-15-8-3-4-9-16(15)25-11-5-10-21/h1-4,6-9,12H,5,11H2,(H,23,24). The van der Waals surface area contributed by atoms with Gasteiger partial charge in [0, 0.05) is 22.6 Å². The SMILES string of the molecule is N#CCCSc1ccccc1NC(=O)c1cnc(-c2ccccc2Cl)s1. The first-order valence-corrected chi connectivity index (χ1v) is 9.98. The van der Waals surface area contributed by atoms with Crippen LogP contribution in [0.15, 0.2) is 59.6 Å². The monoisotopic (exact) mass is 399 g/mol. The Balaban J connectivity index is 1.76. The number of carbonyl (C=O) groups excluding carboxylic acids is 1. The molecule has 1 N–H and O–H groups in total. The van der Waals surface area contributed by atoms with E-state index in [1.165, 1.54) is 11.3 Å². The number of thiazole rings is 1. The van der Waals surface area contributed by atoms with Crippen LogP contribution in [-0.2, 0) is 0 Å². The average molecular weight is 400 g/mol. The normalized spacial score (nSPS) is 10.3. The third-order valence-corrected chi connectivity index (χ3v) is 5.87. The van der Waals surface area contributed by atoms with E-state index in [4.69, 9.17) is 16.9 Å². The second kappa shape index (κ2) is 8.86. The second-order valence-corrected chi connectivity index (χ2v) is 7.79. The number of nitrogens with one attached hydrogen (secondary N) is 1. The highest BCUT2D eigenvalue weighted by Gasteiger charge is 2.15. The molecule has 1 amide bonds. The lowest BCUT2D eigenvalue weighted by molar-refractivity contribution is 0.103. The number of halogens is 1. The van der Waals surface area contributed by atoms with Crippen LogP contribution in [0.3, 0.4) is 0 Å². The summed E-state index contributed by atoms with van der Waals surface area (Å²) in [5.74, 6) is 0.467. The number of thioether (sulfide) groups is 1. The molecule has 2 aromatic carbocycles. The van der Waals surface area contributed by atoms with Gasteiger partial charge in [-0.05, 0) is 18.2 Å². The first-order valence-electron chi connectivity index (χ1n) is 7.80. The van der Waals surface area contributed by atoms with Crippen molar-refractivity contribution in [1.82, 2.24) is 4.98 Å². The number of carbonyl (C=O) groups is 1. The van der Waals surface area contributed by atoms with Gasteiger partial charge in [0.2, 0.25) is 0 Å². The Morgan fingerprint density at radius 3 is 2.81 bits per heavy atom. The maximum Gasteiger partial charge on any atom is 0.267 e. The summed E-state index contributed by atoms with van der Waals surface area (Å²) < 4.78 is 0. The smallest absolute Gasteiger partial charge is 0.267 e. The minimum Gasteiger partial charge on any atom is -0.320 e. The Hall–Kier alpha value is -2.33. The van der Waals surface area contributed by atoms with Gasteiger partial charge in [0.15, 0.2) is 0 Å². The number of nitrogens with zero attached hydrogens (tertiary/aromatic N) is 2. The van der Waals surface area contributed by atoms with E-state index < -0.39 is 0 Å². The number of anilines is 1. The molecule has 3 rings (SSSR count). The van der Waals surface area contributed by atoms with Gasteiger partial charge in [-0.15, -0.1) is 23.1 Å². The quantitative estimate of drug-likeness (QED) is 0.425. The first-order chi connectivity index (χ1) is 12.7. The molecule has 0 aliphatic carbocycles. The van der Waals surface area contributed by atoms with Gasteiger partial charge in [-0.1, -0.05) is 41.9 Å². The maximum atomic E-state index is 12.6. The number of hydrogen-bond donors (Lipinski definition) is 1. The van der Waals surface area contributed by atoms with Crippen molar-refractivity contribution >= 4 is 46.3 Å². The van der Waals surface area contributed by atoms with Crippen LogP contribution in [-0.4, -0.2) is 16.6 Å².